The number of ether oxygens (including phenoxy) is 1. The monoisotopic (exact) mass is 256 g/mol. The molecule has 1 aliphatic heterocycles. The second-order valence-electron chi connectivity index (χ2n) is 6.09. The highest BCUT2D eigenvalue weighted by Gasteiger charge is 2.30. The lowest BCUT2D eigenvalue weighted by Gasteiger charge is -2.23. The number of amides is 2. The van der Waals surface area contributed by atoms with Gasteiger partial charge < -0.3 is 15.0 Å². The van der Waals surface area contributed by atoms with Crippen molar-refractivity contribution in [3.8, 4) is 0 Å². The summed E-state index contributed by atoms with van der Waals surface area (Å²) >= 11 is 0. The van der Waals surface area contributed by atoms with Crippen molar-refractivity contribution in [3.05, 3.63) is 0 Å². The molecule has 0 saturated carbocycles. The van der Waals surface area contributed by atoms with Crippen molar-refractivity contribution in [2.24, 2.45) is 5.92 Å². The second-order valence-corrected chi connectivity index (χ2v) is 6.09. The van der Waals surface area contributed by atoms with E-state index in [1.807, 2.05) is 11.8 Å². The molecule has 1 saturated heterocycles. The van der Waals surface area contributed by atoms with Crippen LogP contribution in [-0.2, 0) is 9.53 Å². The number of hydrogen-bond acceptors (Lipinski definition) is 3. The smallest absolute Gasteiger partial charge is 0.408 e. The molecule has 0 aromatic rings. The van der Waals surface area contributed by atoms with Crippen molar-refractivity contribution < 1.29 is 14.3 Å². The maximum Gasteiger partial charge on any atom is 0.408 e. The fourth-order valence-electron chi connectivity index (χ4n) is 2.21. The van der Waals surface area contributed by atoms with E-state index in [0.717, 1.165) is 13.0 Å². The van der Waals surface area contributed by atoms with E-state index in [4.69, 9.17) is 4.74 Å². The zero-order valence-corrected chi connectivity index (χ0v) is 11.9. The van der Waals surface area contributed by atoms with E-state index in [0.29, 0.717) is 5.92 Å². The van der Waals surface area contributed by atoms with Crippen molar-refractivity contribution in [2.75, 3.05) is 13.1 Å². The largest absolute Gasteiger partial charge is 0.444 e. The van der Waals surface area contributed by atoms with Gasteiger partial charge in [0.25, 0.3) is 0 Å². The zero-order valence-electron chi connectivity index (χ0n) is 11.9. The molecule has 5 heteroatoms. The van der Waals surface area contributed by atoms with Gasteiger partial charge in [-0.25, -0.2) is 4.79 Å². The normalized spacial score (nSPS) is 23.9. The van der Waals surface area contributed by atoms with Crippen molar-refractivity contribution in [1.29, 1.82) is 0 Å². The summed E-state index contributed by atoms with van der Waals surface area (Å²) in [6, 6.07) is 0.257. The van der Waals surface area contributed by atoms with E-state index in [2.05, 4.69) is 12.2 Å². The molecule has 0 aromatic carbocycles. The van der Waals surface area contributed by atoms with Crippen LogP contribution >= 0.6 is 0 Å². The minimum Gasteiger partial charge on any atom is -0.444 e. The van der Waals surface area contributed by atoms with Gasteiger partial charge in [-0.15, -0.1) is 0 Å². The Hall–Kier alpha value is -1.26. The van der Waals surface area contributed by atoms with Gasteiger partial charge in [0.2, 0.25) is 5.91 Å². The number of carbonyl (C=O) groups excluding carboxylic acids is 2. The van der Waals surface area contributed by atoms with Crippen LogP contribution in [0.15, 0.2) is 0 Å². The van der Waals surface area contributed by atoms with Gasteiger partial charge in [-0.1, -0.05) is 6.92 Å². The highest BCUT2D eigenvalue weighted by Crippen LogP contribution is 2.21. The summed E-state index contributed by atoms with van der Waals surface area (Å²) in [5, 5.41) is 2.50. The fraction of sp³-hybridized carbons (Fsp3) is 0.846. The molecule has 2 unspecified atom stereocenters. The molecule has 1 rings (SSSR count). The Morgan fingerprint density at radius 1 is 1.33 bits per heavy atom. The first kappa shape index (κ1) is 14.8. The molecule has 1 N–H and O–H groups in total. The summed E-state index contributed by atoms with van der Waals surface area (Å²) in [6.45, 7) is 10.3. The second kappa shape index (κ2) is 5.59. The van der Waals surface area contributed by atoms with E-state index in [1.165, 1.54) is 0 Å². The Balaban J connectivity index is 2.35. The van der Waals surface area contributed by atoms with Crippen LogP contribution in [0.3, 0.4) is 0 Å². The summed E-state index contributed by atoms with van der Waals surface area (Å²) in [5.74, 6) is 0.489. The van der Waals surface area contributed by atoms with Crippen LogP contribution in [-0.4, -0.2) is 41.6 Å². The van der Waals surface area contributed by atoms with Gasteiger partial charge in [-0.05, 0) is 40.0 Å². The molecule has 0 spiro atoms. The minimum absolute atomic E-state index is 0.00593. The SMILES string of the molecule is CC1CC(C)N(C(=O)CNC(=O)OC(C)(C)C)C1. The molecule has 2 atom stereocenters. The summed E-state index contributed by atoms with van der Waals surface area (Å²) < 4.78 is 5.08. The number of hydrogen-bond donors (Lipinski definition) is 1. The van der Waals surface area contributed by atoms with Gasteiger partial charge in [0, 0.05) is 12.6 Å². The first-order valence-corrected chi connectivity index (χ1v) is 6.45. The third kappa shape index (κ3) is 4.55. The third-order valence-electron chi connectivity index (χ3n) is 2.89. The number of nitrogens with one attached hydrogen (secondary N) is 1. The predicted octanol–water partition coefficient (Wildman–Crippen LogP) is 1.77. The molecular weight excluding hydrogens is 232 g/mol. The van der Waals surface area contributed by atoms with Gasteiger partial charge in [0.05, 0.1) is 0 Å². The van der Waals surface area contributed by atoms with E-state index < -0.39 is 11.7 Å². The summed E-state index contributed by atoms with van der Waals surface area (Å²) in [7, 11) is 0. The molecule has 0 aromatic heterocycles. The van der Waals surface area contributed by atoms with Crippen molar-refractivity contribution >= 4 is 12.0 Å². The van der Waals surface area contributed by atoms with Crippen molar-refractivity contribution in [3.63, 3.8) is 0 Å². The van der Waals surface area contributed by atoms with E-state index in [1.54, 1.807) is 20.8 Å². The maximum absolute atomic E-state index is 11.9. The Kier molecular flexibility index (Phi) is 4.59. The first-order valence-electron chi connectivity index (χ1n) is 6.45. The van der Waals surface area contributed by atoms with Crippen LogP contribution in [0.4, 0.5) is 4.79 Å². The average Bonchev–Trinajstić information content (AvgIpc) is 2.52. The molecule has 18 heavy (non-hydrogen) atoms. The molecule has 0 radical (unpaired) electrons. The summed E-state index contributed by atoms with van der Waals surface area (Å²) in [5.41, 5.74) is -0.539. The lowest BCUT2D eigenvalue weighted by molar-refractivity contribution is -0.130. The van der Waals surface area contributed by atoms with E-state index >= 15 is 0 Å². The van der Waals surface area contributed by atoms with Crippen molar-refractivity contribution in [1.82, 2.24) is 10.2 Å². The number of carbonyl (C=O) groups is 2. The van der Waals surface area contributed by atoms with Gasteiger partial charge in [-0.3, -0.25) is 4.79 Å². The van der Waals surface area contributed by atoms with Crippen LogP contribution in [0.1, 0.15) is 41.0 Å². The summed E-state index contributed by atoms with van der Waals surface area (Å²) in [6.07, 6.45) is 0.480. The lowest BCUT2D eigenvalue weighted by atomic mass is 10.1. The topological polar surface area (TPSA) is 58.6 Å². The molecule has 1 heterocycles. The molecule has 1 aliphatic rings. The van der Waals surface area contributed by atoms with Gasteiger partial charge in [0.1, 0.15) is 12.1 Å². The van der Waals surface area contributed by atoms with Gasteiger partial charge in [0.15, 0.2) is 0 Å². The van der Waals surface area contributed by atoms with E-state index in [-0.39, 0.29) is 18.5 Å². The molecule has 5 nitrogen and oxygen atoms in total. The predicted molar refractivity (Wildman–Crippen MR) is 69.2 cm³/mol. The Labute approximate surface area is 109 Å². The van der Waals surface area contributed by atoms with Crippen LogP contribution in [0.2, 0.25) is 0 Å². The number of alkyl carbamates (subject to hydrolysis) is 1. The standard InChI is InChI=1S/C13H24N2O3/c1-9-6-10(2)15(8-9)11(16)7-14-12(17)18-13(3,4)5/h9-10H,6-8H2,1-5H3,(H,14,17). The Morgan fingerprint density at radius 2 is 1.94 bits per heavy atom. The average molecular weight is 256 g/mol. The molecule has 1 fully saturated rings. The van der Waals surface area contributed by atoms with Crippen LogP contribution in [0.5, 0.6) is 0 Å². The maximum atomic E-state index is 11.9. The van der Waals surface area contributed by atoms with Crippen LogP contribution < -0.4 is 5.32 Å². The van der Waals surface area contributed by atoms with Crippen LogP contribution in [0, 0.1) is 5.92 Å². The van der Waals surface area contributed by atoms with Gasteiger partial charge >= 0.3 is 6.09 Å². The third-order valence-corrected chi connectivity index (χ3v) is 2.89. The molecule has 2 amide bonds. The highest BCUT2D eigenvalue weighted by atomic mass is 16.6. The number of likely N-dealkylation sites (tertiary alicyclic amines) is 1. The van der Waals surface area contributed by atoms with Crippen LogP contribution in [0.25, 0.3) is 0 Å². The molecular formula is C13H24N2O3. The van der Waals surface area contributed by atoms with Gasteiger partial charge in [-0.2, -0.15) is 0 Å². The number of rotatable bonds is 2. The minimum atomic E-state index is -0.546. The quantitative estimate of drug-likeness (QED) is 0.819. The summed E-state index contributed by atoms with van der Waals surface area (Å²) in [4.78, 5) is 25.2. The first-order chi connectivity index (χ1) is 8.19. The molecule has 0 aliphatic carbocycles. The Morgan fingerprint density at radius 3 is 2.39 bits per heavy atom. The zero-order chi connectivity index (χ0) is 13.9. The molecule has 104 valence electrons. The van der Waals surface area contributed by atoms with Crippen molar-refractivity contribution in [2.45, 2.75) is 52.7 Å². The van der Waals surface area contributed by atoms with E-state index in [9.17, 15) is 9.59 Å². The lowest BCUT2D eigenvalue weighted by Crippen LogP contribution is -2.43. The fourth-order valence-corrected chi connectivity index (χ4v) is 2.21. The highest BCUT2D eigenvalue weighted by molar-refractivity contribution is 5.82. The number of nitrogens with zero attached hydrogens (tertiary/aromatic N) is 1. The Bertz CT molecular complexity index is 323. The molecule has 0 bridgehead atoms.